The zero-order chi connectivity index (χ0) is 26.0. The molecule has 0 aromatic heterocycles. The lowest BCUT2D eigenvalue weighted by atomic mass is 9.98. The maximum Gasteiger partial charge on any atom is 0.408 e. The molecule has 0 radical (unpaired) electrons. The molecule has 0 heterocycles. The topological polar surface area (TPSA) is 105 Å². The number of nitrogens with one attached hydrogen (secondary N) is 2. The number of carboxylic acids is 1. The third-order valence-corrected chi connectivity index (χ3v) is 6.02. The molecule has 0 spiro atoms. The number of rotatable bonds is 10. The first-order chi connectivity index (χ1) is 18.0. The minimum atomic E-state index is -1.18. The van der Waals surface area contributed by atoms with Gasteiger partial charge in [-0.2, -0.15) is 0 Å². The highest BCUT2D eigenvalue weighted by Gasteiger charge is 2.28. The first-order valence-corrected chi connectivity index (χ1v) is 12.0. The van der Waals surface area contributed by atoms with Crippen LogP contribution >= 0.6 is 0 Å². The van der Waals surface area contributed by atoms with Crippen molar-refractivity contribution in [2.75, 3.05) is 0 Å². The highest BCUT2D eigenvalue weighted by Crippen LogP contribution is 2.20. The van der Waals surface area contributed by atoms with Crippen LogP contribution in [-0.4, -0.2) is 35.2 Å². The van der Waals surface area contributed by atoms with E-state index in [9.17, 15) is 19.5 Å². The summed E-state index contributed by atoms with van der Waals surface area (Å²) in [6.07, 6.45) is -0.493. The largest absolute Gasteiger partial charge is 0.480 e. The van der Waals surface area contributed by atoms with Crippen LogP contribution in [0, 0.1) is 0 Å². The Labute approximate surface area is 215 Å². The number of alkyl carbamates (subject to hydrolysis) is 1. The molecular weight excluding hydrogens is 468 g/mol. The van der Waals surface area contributed by atoms with Crippen LogP contribution in [-0.2, 0) is 33.8 Å². The van der Waals surface area contributed by atoms with Gasteiger partial charge in [0.15, 0.2) is 0 Å². The number of carbonyl (C=O) groups is 3. The summed E-state index contributed by atoms with van der Waals surface area (Å²) >= 11 is 0. The van der Waals surface area contributed by atoms with Crippen LogP contribution in [0.1, 0.15) is 16.7 Å². The van der Waals surface area contributed by atoms with Gasteiger partial charge in [0.05, 0.1) is 0 Å². The van der Waals surface area contributed by atoms with Gasteiger partial charge in [-0.3, -0.25) is 4.79 Å². The van der Waals surface area contributed by atoms with E-state index >= 15 is 0 Å². The number of hydrogen-bond acceptors (Lipinski definition) is 4. The zero-order valence-corrected chi connectivity index (χ0v) is 20.2. The Bertz CT molecular complexity index is 1350. The zero-order valence-electron chi connectivity index (χ0n) is 20.2. The van der Waals surface area contributed by atoms with Crippen molar-refractivity contribution in [2.45, 2.75) is 31.5 Å². The minimum Gasteiger partial charge on any atom is -0.480 e. The van der Waals surface area contributed by atoms with Gasteiger partial charge < -0.3 is 20.5 Å². The summed E-state index contributed by atoms with van der Waals surface area (Å²) in [6.45, 7) is 0.0468. The van der Waals surface area contributed by atoms with Crippen molar-refractivity contribution in [1.82, 2.24) is 10.6 Å². The van der Waals surface area contributed by atoms with Crippen molar-refractivity contribution < 1.29 is 24.2 Å². The van der Waals surface area contributed by atoms with Crippen LogP contribution in [0.15, 0.2) is 103 Å². The van der Waals surface area contributed by atoms with Crippen molar-refractivity contribution in [2.24, 2.45) is 0 Å². The van der Waals surface area contributed by atoms with E-state index in [1.54, 1.807) is 0 Å². The molecule has 4 aromatic carbocycles. The Morgan fingerprint density at radius 1 is 0.676 bits per heavy atom. The molecule has 0 fully saturated rings. The van der Waals surface area contributed by atoms with E-state index in [0.717, 1.165) is 27.5 Å². The summed E-state index contributed by atoms with van der Waals surface area (Å²) in [5.74, 6) is -1.76. The van der Waals surface area contributed by atoms with Crippen LogP contribution in [0.4, 0.5) is 4.79 Å². The number of amides is 2. The highest BCUT2D eigenvalue weighted by atomic mass is 16.5. The average molecular weight is 497 g/mol. The van der Waals surface area contributed by atoms with E-state index in [0.29, 0.717) is 0 Å². The number of hydrogen-bond donors (Lipinski definition) is 3. The fourth-order valence-corrected chi connectivity index (χ4v) is 4.13. The molecule has 0 saturated carbocycles. The number of fused-ring (bicyclic) bond motifs is 1. The second-order valence-electron chi connectivity index (χ2n) is 8.69. The molecule has 2 amide bonds. The lowest BCUT2D eigenvalue weighted by Crippen LogP contribution is -2.53. The first kappa shape index (κ1) is 25.4. The van der Waals surface area contributed by atoms with Gasteiger partial charge in [-0.05, 0) is 27.5 Å². The second-order valence-corrected chi connectivity index (χ2v) is 8.69. The lowest BCUT2D eigenvalue weighted by Gasteiger charge is -2.22. The molecule has 0 aliphatic carbocycles. The Morgan fingerprint density at radius 3 is 2.00 bits per heavy atom. The summed E-state index contributed by atoms with van der Waals surface area (Å²) in [5.41, 5.74) is 2.43. The Balaban J connectivity index is 1.48. The van der Waals surface area contributed by atoms with Crippen LogP contribution in [0.25, 0.3) is 10.8 Å². The van der Waals surface area contributed by atoms with Crippen LogP contribution in [0.5, 0.6) is 0 Å². The first-order valence-electron chi connectivity index (χ1n) is 12.0. The van der Waals surface area contributed by atoms with Gasteiger partial charge in [-0.25, -0.2) is 9.59 Å². The van der Waals surface area contributed by atoms with Gasteiger partial charge in [0, 0.05) is 12.8 Å². The summed E-state index contributed by atoms with van der Waals surface area (Å²) in [6, 6.07) is 29.5. The number of benzene rings is 4. The molecule has 2 atom stereocenters. The standard InChI is InChI=1S/C30H28N2O5/c33-28(31-27(29(34)35)19-24-16-9-15-23-14-7-8-17-25(23)24)26(18-21-10-3-1-4-11-21)32-30(36)37-20-22-12-5-2-6-13-22/h1-17,26-27H,18-20H2,(H,31,33)(H,32,36)(H,34,35)/t26-,27-/m1/s1. The highest BCUT2D eigenvalue weighted by molar-refractivity contribution is 5.90. The molecule has 37 heavy (non-hydrogen) atoms. The molecule has 7 heteroatoms. The maximum atomic E-state index is 13.3. The summed E-state index contributed by atoms with van der Waals surface area (Å²) in [4.78, 5) is 37.9. The van der Waals surface area contributed by atoms with E-state index in [-0.39, 0.29) is 19.4 Å². The number of carboxylic acid groups (broad SMARTS) is 1. The molecule has 0 aliphatic heterocycles. The number of ether oxygens (including phenoxy) is 1. The molecule has 0 bridgehead atoms. The van der Waals surface area contributed by atoms with Crippen molar-refractivity contribution in [3.05, 3.63) is 120 Å². The summed E-state index contributed by atoms with van der Waals surface area (Å²) in [5, 5.41) is 17.0. The van der Waals surface area contributed by atoms with Crippen LogP contribution in [0.3, 0.4) is 0 Å². The molecule has 188 valence electrons. The molecule has 4 rings (SSSR count). The normalized spacial score (nSPS) is 12.3. The van der Waals surface area contributed by atoms with Gasteiger partial charge >= 0.3 is 12.1 Å². The van der Waals surface area contributed by atoms with Gasteiger partial charge in [0.2, 0.25) is 5.91 Å². The van der Waals surface area contributed by atoms with E-state index in [4.69, 9.17) is 4.74 Å². The van der Waals surface area contributed by atoms with E-state index in [1.165, 1.54) is 0 Å². The maximum absolute atomic E-state index is 13.3. The van der Waals surface area contributed by atoms with E-state index in [1.807, 2.05) is 103 Å². The number of aliphatic carboxylic acids is 1. The fraction of sp³-hybridized carbons (Fsp3) is 0.167. The Kier molecular flexibility index (Phi) is 8.49. The fourth-order valence-electron chi connectivity index (χ4n) is 4.13. The van der Waals surface area contributed by atoms with E-state index < -0.39 is 30.1 Å². The quantitative estimate of drug-likeness (QED) is 0.300. The summed E-state index contributed by atoms with van der Waals surface area (Å²) in [7, 11) is 0. The summed E-state index contributed by atoms with van der Waals surface area (Å²) < 4.78 is 5.30. The lowest BCUT2D eigenvalue weighted by molar-refractivity contribution is -0.142. The molecule has 4 aromatic rings. The molecule has 7 nitrogen and oxygen atoms in total. The third kappa shape index (κ3) is 7.18. The van der Waals surface area contributed by atoms with Crippen molar-refractivity contribution in [3.8, 4) is 0 Å². The molecule has 0 saturated heterocycles. The van der Waals surface area contributed by atoms with Crippen molar-refractivity contribution in [3.63, 3.8) is 0 Å². The van der Waals surface area contributed by atoms with Crippen LogP contribution in [0.2, 0.25) is 0 Å². The predicted octanol–water partition coefficient (Wildman–Crippen LogP) is 4.49. The van der Waals surface area contributed by atoms with Crippen molar-refractivity contribution >= 4 is 28.7 Å². The van der Waals surface area contributed by atoms with E-state index in [2.05, 4.69) is 10.6 Å². The molecular formula is C30H28N2O5. The molecule has 0 aliphatic rings. The average Bonchev–Trinajstić information content (AvgIpc) is 2.92. The van der Waals surface area contributed by atoms with Crippen molar-refractivity contribution in [1.29, 1.82) is 0 Å². The van der Waals surface area contributed by atoms with Gasteiger partial charge in [-0.1, -0.05) is 103 Å². The second kappa shape index (κ2) is 12.4. The number of carbonyl (C=O) groups excluding carboxylic acids is 2. The molecule has 3 N–H and O–H groups in total. The SMILES string of the molecule is O=C(N[C@H](Cc1ccccc1)C(=O)N[C@H](Cc1cccc2ccccc12)C(=O)O)OCc1ccccc1. The van der Waals surface area contributed by atoms with Gasteiger partial charge in [-0.15, -0.1) is 0 Å². The Hall–Kier alpha value is -4.65. The minimum absolute atomic E-state index is 0.0468. The predicted molar refractivity (Wildman–Crippen MR) is 141 cm³/mol. The van der Waals surface area contributed by atoms with Gasteiger partial charge in [0.1, 0.15) is 18.7 Å². The van der Waals surface area contributed by atoms with Gasteiger partial charge in [0.25, 0.3) is 0 Å². The smallest absolute Gasteiger partial charge is 0.408 e. The van der Waals surface area contributed by atoms with Crippen LogP contribution < -0.4 is 10.6 Å². The monoisotopic (exact) mass is 496 g/mol. The third-order valence-electron chi connectivity index (χ3n) is 6.02. The molecule has 0 unspecified atom stereocenters. The Morgan fingerprint density at radius 2 is 1.30 bits per heavy atom.